The number of hydrogen-bond acceptors (Lipinski definition) is 8. The lowest BCUT2D eigenvalue weighted by molar-refractivity contribution is 0.171. The Balaban J connectivity index is 1.71. The Bertz CT molecular complexity index is 1730. The quantitative estimate of drug-likeness (QED) is 0.186. The number of aromatic hydroxyl groups is 2. The van der Waals surface area contributed by atoms with Gasteiger partial charge in [0.05, 0.1) is 27.8 Å². The molecule has 0 unspecified atom stereocenters. The average molecular weight is 722 g/mol. The fourth-order valence-electron chi connectivity index (χ4n) is 4.57. The number of rotatable bonds is 3. The average Bonchev–Trinajstić information content (AvgIpc) is 2.88. The van der Waals surface area contributed by atoms with Crippen molar-refractivity contribution < 1.29 is 28.5 Å². The fourth-order valence-corrected chi connectivity index (χ4v) is 5.55. The maximum Gasteiger partial charge on any atom is 0.344 e. The minimum absolute atomic E-state index is 0.192. The van der Waals surface area contributed by atoms with Crippen LogP contribution >= 0.6 is 45.2 Å². The van der Waals surface area contributed by atoms with Crippen LogP contribution in [0.5, 0.6) is 23.0 Å². The molecule has 10 heteroatoms. The zero-order chi connectivity index (χ0) is 25.8. The summed E-state index contributed by atoms with van der Waals surface area (Å²) in [5, 5.41) is 23.4. The van der Waals surface area contributed by atoms with E-state index in [-0.39, 0.29) is 33.8 Å². The van der Waals surface area contributed by atoms with Crippen molar-refractivity contribution in [2.75, 3.05) is 13.2 Å². The van der Waals surface area contributed by atoms with Crippen LogP contribution in [-0.4, -0.2) is 23.4 Å². The second-order valence-corrected chi connectivity index (χ2v) is 10.9. The molecule has 0 bridgehead atoms. The summed E-state index contributed by atoms with van der Waals surface area (Å²) in [5.74, 6) is -1.04. The van der Waals surface area contributed by atoms with Gasteiger partial charge < -0.3 is 28.5 Å². The number of hydrogen-bond donors (Lipinski definition) is 2. The summed E-state index contributed by atoms with van der Waals surface area (Å²) in [6.07, 6.45) is 0. The van der Waals surface area contributed by atoms with Crippen molar-refractivity contribution in [1.29, 1.82) is 0 Å². The van der Waals surface area contributed by atoms with E-state index in [1.807, 2.05) is 0 Å². The highest BCUT2D eigenvalue weighted by molar-refractivity contribution is 14.1. The van der Waals surface area contributed by atoms with Crippen LogP contribution in [0.1, 0.15) is 22.6 Å². The highest BCUT2D eigenvalue weighted by Crippen LogP contribution is 2.44. The molecule has 0 atom stereocenters. The predicted molar refractivity (Wildman–Crippen MR) is 152 cm³/mol. The Morgan fingerprint density at radius 3 is 1.73 bits per heavy atom. The minimum atomic E-state index is -1.24. The third-order valence-electron chi connectivity index (χ3n) is 6.23. The van der Waals surface area contributed by atoms with E-state index in [4.69, 9.17) is 18.3 Å². The van der Waals surface area contributed by atoms with E-state index in [0.717, 1.165) is 7.14 Å². The molecule has 0 amide bonds. The van der Waals surface area contributed by atoms with Crippen LogP contribution in [0.4, 0.5) is 0 Å². The van der Waals surface area contributed by atoms with E-state index in [0.29, 0.717) is 41.0 Å². The Morgan fingerprint density at radius 2 is 1.19 bits per heavy atom. The lowest BCUT2D eigenvalue weighted by atomic mass is 9.84. The summed E-state index contributed by atoms with van der Waals surface area (Å²) in [4.78, 5) is 26.7. The highest BCUT2D eigenvalue weighted by Gasteiger charge is 2.33. The van der Waals surface area contributed by atoms with Crippen molar-refractivity contribution in [2.45, 2.75) is 5.92 Å². The van der Waals surface area contributed by atoms with E-state index >= 15 is 0 Å². The van der Waals surface area contributed by atoms with Crippen molar-refractivity contribution in [3.05, 3.63) is 99.3 Å². The third-order valence-corrected chi connectivity index (χ3v) is 7.57. The monoisotopic (exact) mass is 722 g/mol. The van der Waals surface area contributed by atoms with Crippen molar-refractivity contribution in [1.82, 2.24) is 0 Å². The van der Waals surface area contributed by atoms with Crippen molar-refractivity contribution in [2.24, 2.45) is 0 Å². The third kappa shape index (κ3) is 4.11. The van der Waals surface area contributed by atoms with Crippen LogP contribution in [0.25, 0.3) is 21.9 Å². The molecule has 8 nitrogen and oxygen atoms in total. The van der Waals surface area contributed by atoms with Gasteiger partial charge in [-0.1, -0.05) is 6.07 Å². The van der Waals surface area contributed by atoms with Crippen LogP contribution in [-0.2, 0) is 0 Å². The summed E-state index contributed by atoms with van der Waals surface area (Å²) in [7, 11) is 0. The van der Waals surface area contributed by atoms with Gasteiger partial charge in [-0.25, -0.2) is 9.59 Å². The van der Waals surface area contributed by atoms with E-state index < -0.39 is 17.2 Å². The molecule has 3 aromatic carbocycles. The fraction of sp³-hybridized carbons (Fsp3) is 0.111. The maximum absolute atomic E-state index is 13.4. The summed E-state index contributed by atoms with van der Waals surface area (Å²) in [6, 6.07) is 14.9. The predicted octanol–water partition coefficient (Wildman–Crippen LogP) is 5.47. The molecule has 186 valence electrons. The smallest absolute Gasteiger partial charge is 0.344 e. The molecule has 2 aromatic heterocycles. The molecule has 0 radical (unpaired) electrons. The molecule has 0 saturated heterocycles. The van der Waals surface area contributed by atoms with E-state index in [9.17, 15) is 19.8 Å². The molecule has 6 rings (SSSR count). The first-order chi connectivity index (χ1) is 17.8. The van der Waals surface area contributed by atoms with E-state index in [1.54, 1.807) is 54.6 Å². The molecule has 5 aromatic rings. The highest BCUT2D eigenvalue weighted by atomic mass is 127. The zero-order valence-corrected chi connectivity index (χ0v) is 23.1. The van der Waals surface area contributed by atoms with Crippen molar-refractivity contribution in [3.63, 3.8) is 0 Å². The second-order valence-electron chi connectivity index (χ2n) is 8.42. The van der Waals surface area contributed by atoms with Gasteiger partial charge in [-0.15, -0.1) is 0 Å². The van der Waals surface area contributed by atoms with Gasteiger partial charge in [0.15, 0.2) is 11.5 Å². The van der Waals surface area contributed by atoms with Gasteiger partial charge in [-0.05, 0) is 99.3 Å². The van der Waals surface area contributed by atoms with Crippen LogP contribution in [0.3, 0.4) is 0 Å². The van der Waals surface area contributed by atoms with Gasteiger partial charge in [0.1, 0.15) is 35.9 Å². The SMILES string of the molecule is O=c1oc2ccc(I)cc2c(O)c1C(c1ccc2c(c1)OCCO2)c1c(O)c2cc(I)ccc2oc1=O. The Labute approximate surface area is 235 Å². The van der Waals surface area contributed by atoms with Crippen molar-refractivity contribution >= 4 is 67.1 Å². The van der Waals surface area contributed by atoms with Crippen LogP contribution < -0.4 is 20.7 Å². The molecule has 2 N–H and O–H groups in total. The number of benzene rings is 3. The number of halogens is 2. The van der Waals surface area contributed by atoms with E-state index in [2.05, 4.69) is 45.2 Å². The summed E-state index contributed by atoms with van der Waals surface area (Å²) in [6.45, 7) is 0.710. The Hall–Kier alpha value is -3.26. The Kier molecular flexibility index (Phi) is 6.02. The van der Waals surface area contributed by atoms with Gasteiger partial charge >= 0.3 is 11.3 Å². The first-order valence-corrected chi connectivity index (χ1v) is 13.3. The maximum atomic E-state index is 13.4. The molecule has 0 spiro atoms. The van der Waals surface area contributed by atoms with Gasteiger partial charge in [0.25, 0.3) is 0 Å². The standard InChI is InChI=1S/C27H16I2O8/c28-13-2-5-17-15(10-13)24(30)22(26(32)36-17)21(12-1-4-19-20(9-12)35-8-7-34-19)23-25(31)16-11-14(29)3-6-18(16)37-27(23)33/h1-6,9-11,21,30-31H,7-8H2. The molecule has 0 fully saturated rings. The van der Waals surface area contributed by atoms with Gasteiger partial charge in [0.2, 0.25) is 0 Å². The zero-order valence-electron chi connectivity index (χ0n) is 18.8. The second kappa shape index (κ2) is 9.24. The van der Waals surface area contributed by atoms with Gasteiger partial charge in [0, 0.05) is 7.14 Å². The first kappa shape index (κ1) is 24.1. The summed E-state index contributed by atoms with van der Waals surface area (Å²) >= 11 is 4.17. The molecule has 37 heavy (non-hydrogen) atoms. The normalized spacial score (nSPS) is 12.9. The molecule has 0 saturated carbocycles. The molecule has 3 heterocycles. The van der Waals surface area contributed by atoms with Gasteiger partial charge in [-0.2, -0.15) is 0 Å². The minimum Gasteiger partial charge on any atom is -0.507 e. The van der Waals surface area contributed by atoms with Crippen LogP contribution in [0, 0.1) is 7.14 Å². The molecule has 1 aliphatic rings. The largest absolute Gasteiger partial charge is 0.507 e. The van der Waals surface area contributed by atoms with E-state index in [1.165, 1.54) is 0 Å². The molecule has 0 aliphatic carbocycles. The Morgan fingerprint density at radius 1 is 0.676 bits per heavy atom. The van der Waals surface area contributed by atoms with Crippen LogP contribution in [0.15, 0.2) is 73.0 Å². The molecular weight excluding hydrogens is 706 g/mol. The molecule has 1 aliphatic heterocycles. The summed E-state index contributed by atoms with van der Waals surface area (Å²) in [5.41, 5.74) is -1.35. The lowest BCUT2D eigenvalue weighted by Crippen LogP contribution is -2.22. The number of ether oxygens (including phenoxy) is 2. The molecular formula is C27H16I2O8. The summed E-state index contributed by atoms with van der Waals surface area (Å²) < 4.78 is 24.1. The number of fused-ring (bicyclic) bond motifs is 3. The first-order valence-electron chi connectivity index (χ1n) is 11.1. The van der Waals surface area contributed by atoms with Gasteiger partial charge in [-0.3, -0.25) is 0 Å². The topological polar surface area (TPSA) is 119 Å². The van der Waals surface area contributed by atoms with Crippen LogP contribution in [0.2, 0.25) is 0 Å². The lowest BCUT2D eigenvalue weighted by Gasteiger charge is -2.23. The van der Waals surface area contributed by atoms with Crippen molar-refractivity contribution in [3.8, 4) is 23.0 Å².